The number of rotatable bonds is 9. The molecule has 0 saturated heterocycles. The molecule has 0 aliphatic carbocycles. The molecule has 0 heterocycles. The van der Waals surface area contributed by atoms with E-state index in [4.69, 9.17) is 9.05 Å². The lowest BCUT2D eigenvalue weighted by Gasteiger charge is -2.15. The van der Waals surface area contributed by atoms with Gasteiger partial charge in [-0.05, 0) is 43.4 Å². The van der Waals surface area contributed by atoms with E-state index in [9.17, 15) is 9.46 Å². The molecule has 4 nitrogen and oxygen atoms in total. The Morgan fingerprint density at radius 2 is 1.90 bits per heavy atom. The van der Waals surface area contributed by atoms with Crippen molar-refractivity contribution in [3.05, 3.63) is 29.3 Å². The van der Waals surface area contributed by atoms with E-state index in [1.54, 1.807) is 12.1 Å². The van der Waals surface area contributed by atoms with Crippen LogP contribution >= 0.6 is 7.82 Å². The second kappa shape index (κ2) is 8.57. The standard InChI is InChI=1S/C16H27O4P/c1-13(2)9-6-5-7-12-19-21(17,18)20-16-11-8-10-14(3)15(16)4/h8,10-11,13H,5-7,9,12H2,1-4H3,(H,17,18). The highest BCUT2D eigenvalue weighted by atomic mass is 31.2. The quantitative estimate of drug-likeness (QED) is 0.514. The number of phosphoric ester groups is 1. The molecule has 1 N–H and O–H groups in total. The highest BCUT2D eigenvalue weighted by Gasteiger charge is 2.23. The Bertz CT molecular complexity index is 485. The van der Waals surface area contributed by atoms with Gasteiger partial charge in [-0.15, -0.1) is 0 Å². The van der Waals surface area contributed by atoms with Gasteiger partial charge in [0, 0.05) is 0 Å². The predicted molar refractivity (Wildman–Crippen MR) is 85.6 cm³/mol. The van der Waals surface area contributed by atoms with E-state index in [2.05, 4.69) is 13.8 Å². The van der Waals surface area contributed by atoms with Crippen LogP contribution in [0.5, 0.6) is 5.75 Å². The largest absolute Gasteiger partial charge is 0.527 e. The first-order valence-electron chi connectivity index (χ1n) is 7.55. The van der Waals surface area contributed by atoms with Crippen LogP contribution < -0.4 is 4.52 Å². The molecule has 0 aliphatic rings. The number of aryl methyl sites for hydroxylation is 1. The average molecular weight is 314 g/mol. The maximum Gasteiger partial charge on any atom is 0.527 e. The van der Waals surface area contributed by atoms with Crippen LogP contribution in [0.25, 0.3) is 0 Å². The molecule has 0 bridgehead atoms. The topological polar surface area (TPSA) is 55.8 Å². The summed E-state index contributed by atoms with van der Waals surface area (Å²) in [6.45, 7) is 8.42. The summed E-state index contributed by atoms with van der Waals surface area (Å²) in [5, 5.41) is 0. The molecular formula is C16H27O4P. The van der Waals surface area contributed by atoms with Crippen LogP contribution in [0, 0.1) is 19.8 Å². The normalized spacial score (nSPS) is 14.2. The lowest BCUT2D eigenvalue weighted by molar-refractivity contribution is 0.198. The third-order valence-corrected chi connectivity index (χ3v) is 4.39. The molecule has 21 heavy (non-hydrogen) atoms. The molecule has 1 rings (SSSR count). The van der Waals surface area contributed by atoms with Crippen LogP contribution in [0.2, 0.25) is 0 Å². The van der Waals surface area contributed by atoms with Gasteiger partial charge < -0.3 is 4.52 Å². The maximum absolute atomic E-state index is 11.9. The minimum atomic E-state index is -4.03. The Kier molecular flexibility index (Phi) is 7.44. The van der Waals surface area contributed by atoms with E-state index in [1.165, 1.54) is 6.42 Å². The zero-order chi connectivity index (χ0) is 15.9. The molecule has 0 aromatic heterocycles. The number of phosphoric acid groups is 1. The van der Waals surface area contributed by atoms with Crippen LogP contribution in [-0.2, 0) is 9.09 Å². The van der Waals surface area contributed by atoms with Crippen LogP contribution in [0.4, 0.5) is 0 Å². The van der Waals surface area contributed by atoms with Crippen molar-refractivity contribution in [1.82, 2.24) is 0 Å². The molecule has 0 aliphatic heterocycles. The zero-order valence-corrected chi connectivity index (χ0v) is 14.4. The van der Waals surface area contributed by atoms with Gasteiger partial charge in [-0.3, -0.25) is 9.42 Å². The Hall–Kier alpha value is -0.830. The molecule has 5 heteroatoms. The zero-order valence-electron chi connectivity index (χ0n) is 13.5. The molecule has 0 saturated carbocycles. The van der Waals surface area contributed by atoms with Gasteiger partial charge in [0.1, 0.15) is 5.75 Å². The summed E-state index contributed by atoms with van der Waals surface area (Å²) in [4.78, 5) is 9.74. The Morgan fingerprint density at radius 1 is 1.19 bits per heavy atom. The van der Waals surface area contributed by atoms with Crippen LogP contribution in [0.15, 0.2) is 18.2 Å². The van der Waals surface area contributed by atoms with Gasteiger partial charge in [0.15, 0.2) is 0 Å². The SMILES string of the molecule is Cc1cccc(OP(=O)(O)OCCCCCC(C)C)c1C. The molecule has 0 radical (unpaired) electrons. The van der Waals surface area contributed by atoms with E-state index in [0.29, 0.717) is 11.7 Å². The summed E-state index contributed by atoms with van der Waals surface area (Å²) in [6, 6.07) is 5.40. The highest BCUT2D eigenvalue weighted by molar-refractivity contribution is 7.47. The first-order chi connectivity index (χ1) is 9.82. The van der Waals surface area contributed by atoms with Gasteiger partial charge in [-0.2, -0.15) is 0 Å². The van der Waals surface area contributed by atoms with Gasteiger partial charge in [0.2, 0.25) is 0 Å². The molecule has 1 aromatic carbocycles. The number of hydrogen-bond donors (Lipinski definition) is 1. The van der Waals surface area contributed by atoms with Crippen molar-refractivity contribution in [3.63, 3.8) is 0 Å². The molecule has 1 aromatic rings. The third kappa shape index (κ3) is 7.12. The summed E-state index contributed by atoms with van der Waals surface area (Å²) in [5.74, 6) is 1.10. The Morgan fingerprint density at radius 3 is 2.57 bits per heavy atom. The molecule has 1 unspecified atom stereocenters. The van der Waals surface area contributed by atoms with Crippen LogP contribution in [0.3, 0.4) is 0 Å². The van der Waals surface area contributed by atoms with Gasteiger partial charge >= 0.3 is 7.82 Å². The lowest BCUT2D eigenvalue weighted by atomic mass is 10.1. The first-order valence-corrected chi connectivity index (χ1v) is 9.04. The van der Waals surface area contributed by atoms with Gasteiger partial charge in [-0.25, -0.2) is 4.57 Å². The monoisotopic (exact) mass is 314 g/mol. The fraction of sp³-hybridized carbons (Fsp3) is 0.625. The molecule has 120 valence electrons. The summed E-state index contributed by atoms with van der Waals surface area (Å²) in [6.07, 6.45) is 4.07. The minimum Gasteiger partial charge on any atom is -0.404 e. The fourth-order valence-electron chi connectivity index (χ4n) is 1.99. The van der Waals surface area contributed by atoms with E-state index in [0.717, 1.165) is 30.4 Å². The molecular weight excluding hydrogens is 287 g/mol. The highest BCUT2D eigenvalue weighted by Crippen LogP contribution is 2.45. The molecule has 1 atom stereocenters. The minimum absolute atomic E-state index is 0.247. The van der Waals surface area contributed by atoms with E-state index >= 15 is 0 Å². The van der Waals surface area contributed by atoms with Gasteiger partial charge in [-0.1, -0.05) is 45.2 Å². The van der Waals surface area contributed by atoms with Crippen molar-refractivity contribution < 1.29 is 18.5 Å². The summed E-state index contributed by atoms with van der Waals surface area (Å²) in [5.41, 5.74) is 1.87. The Balaban J connectivity index is 2.37. The summed E-state index contributed by atoms with van der Waals surface area (Å²) < 4.78 is 22.1. The average Bonchev–Trinajstić information content (AvgIpc) is 2.38. The van der Waals surface area contributed by atoms with E-state index in [-0.39, 0.29) is 6.61 Å². The molecule has 0 fully saturated rings. The smallest absolute Gasteiger partial charge is 0.404 e. The lowest BCUT2D eigenvalue weighted by Crippen LogP contribution is -2.01. The van der Waals surface area contributed by atoms with Crippen molar-refractivity contribution in [3.8, 4) is 5.75 Å². The third-order valence-electron chi connectivity index (χ3n) is 3.45. The van der Waals surface area contributed by atoms with E-state index in [1.807, 2.05) is 19.9 Å². The van der Waals surface area contributed by atoms with Crippen molar-refractivity contribution in [2.24, 2.45) is 5.92 Å². The van der Waals surface area contributed by atoms with Crippen molar-refractivity contribution in [2.45, 2.75) is 53.4 Å². The second-order valence-electron chi connectivity index (χ2n) is 5.83. The number of unbranched alkanes of at least 4 members (excludes halogenated alkanes) is 2. The fourth-order valence-corrected chi connectivity index (χ4v) is 2.84. The van der Waals surface area contributed by atoms with Crippen LogP contribution in [-0.4, -0.2) is 11.5 Å². The Labute approximate surface area is 128 Å². The van der Waals surface area contributed by atoms with Crippen molar-refractivity contribution in [1.29, 1.82) is 0 Å². The number of benzene rings is 1. The second-order valence-corrected chi connectivity index (χ2v) is 7.21. The molecule has 0 amide bonds. The summed E-state index contributed by atoms with van der Waals surface area (Å²) in [7, 11) is -4.03. The first kappa shape index (κ1) is 18.2. The van der Waals surface area contributed by atoms with E-state index < -0.39 is 7.82 Å². The van der Waals surface area contributed by atoms with Crippen LogP contribution in [0.1, 0.15) is 50.7 Å². The van der Waals surface area contributed by atoms with Gasteiger partial charge in [0.25, 0.3) is 0 Å². The number of hydrogen-bond acceptors (Lipinski definition) is 3. The van der Waals surface area contributed by atoms with Gasteiger partial charge in [0.05, 0.1) is 6.61 Å². The molecule has 0 spiro atoms. The predicted octanol–water partition coefficient (Wildman–Crippen LogP) is 5.02. The van der Waals surface area contributed by atoms with Crippen molar-refractivity contribution >= 4 is 7.82 Å². The summed E-state index contributed by atoms with van der Waals surface area (Å²) >= 11 is 0. The maximum atomic E-state index is 11.9. The van der Waals surface area contributed by atoms with Crippen molar-refractivity contribution in [2.75, 3.05) is 6.61 Å².